The zero-order valence-electron chi connectivity index (χ0n) is 17.7. The molecule has 0 aromatic carbocycles. The molecule has 6 heteroatoms. The highest BCUT2D eigenvalue weighted by Crippen LogP contribution is 2.14. The molecule has 0 amide bonds. The molecule has 0 aliphatic rings. The average Bonchev–Trinajstić information content (AvgIpc) is 2.54. The van der Waals surface area contributed by atoms with E-state index < -0.39 is 29.6 Å². The lowest BCUT2D eigenvalue weighted by Gasteiger charge is -2.30. The van der Waals surface area contributed by atoms with Gasteiger partial charge >= 0.3 is 0 Å². The number of rotatable bonds is 17. The number of hydrogen-bond acceptors (Lipinski definition) is 5. The van der Waals surface area contributed by atoms with Crippen molar-refractivity contribution in [2.24, 2.45) is 5.92 Å². The Balaban J connectivity index is 4.13. The molecule has 27 heavy (non-hydrogen) atoms. The Morgan fingerprint density at radius 3 is 1.70 bits per heavy atom. The first kappa shape index (κ1) is 25.7. The van der Waals surface area contributed by atoms with E-state index in [1.807, 2.05) is 0 Å². The molecule has 0 spiro atoms. The summed E-state index contributed by atoms with van der Waals surface area (Å²) in [5.41, 5.74) is 0. The van der Waals surface area contributed by atoms with E-state index in [2.05, 4.69) is 6.92 Å². The fourth-order valence-electron chi connectivity index (χ4n) is 3.18. The summed E-state index contributed by atoms with van der Waals surface area (Å²) in [5, 5.41) is 21.3. The van der Waals surface area contributed by atoms with Gasteiger partial charge < -0.3 is 19.5 Å². The van der Waals surface area contributed by atoms with Crippen LogP contribution in [0.1, 0.15) is 77.6 Å². The van der Waals surface area contributed by atoms with Gasteiger partial charge in [0.15, 0.2) is 5.78 Å². The van der Waals surface area contributed by atoms with Gasteiger partial charge in [0.2, 0.25) is 5.78 Å². The Morgan fingerprint density at radius 2 is 1.30 bits per heavy atom. The van der Waals surface area contributed by atoms with E-state index in [0.29, 0.717) is 6.42 Å². The number of carboxylic acid groups (broad SMARTS) is 1. The highest BCUT2D eigenvalue weighted by molar-refractivity contribution is 6.41. The zero-order chi connectivity index (χ0) is 20.9. The number of ketones is 2. The van der Waals surface area contributed by atoms with E-state index in [1.54, 1.807) is 21.1 Å². The molecule has 2 atom stereocenters. The van der Waals surface area contributed by atoms with Crippen LogP contribution in [0.15, 0.2) is 0 Å². The summed E-state index contributed by atoms with van der Waals surface area (Å²) in [6, 6.07) is 0. The van der Waals surface area contributed by atoms with E-state index in [9.17, 15) is 24.6 Å². The number of carboxylic acids is 1. The number of unbranched alkanes of at least 4 members (excludes halogenated alkanes) is 9. The normalized spacial score (nSPS) is 14.0. The summed E-state index contributed by atoms with van der Waals surface area (Å²) in [4.78, 5) is 35.5. The number of Topliss-reactive ketones (excluding diaryl/α,β-unsaturated/α-hetero) is 2. The second-order valence-corrected chi connectivity index (χ2v) is 8.56. The summed E-state index contributed by atoms with van der Waals surface area (Å²) < 4.78 is 0.283. The van der Waals surface area contributed by atoms with Gasteiger partial charge in [-0.3, -0.25) is 9.59 Å². The minimum atomic E-state index is -1.78. The zero-order valence-corrected chi connectivity index (χ0v) is 17.7. The van der Waals surface area contributed by atoms with Crippen LogP contribution in [0, 0.1) is 5.92 Å². The SMILES string of the molecule is CCCCCCCCCCCCC(=O)C(=O)C(C(=O)[O-])C(O)C[N+](C)(C)C. The molecule has 0 aromatic heterocycles. The van der Waals surface area contributed by atoms with Gasteiger partial charge in [0.1, 0.15) is 12.6 Å². The summed E-state index contributed by atoms with van der Waals surface area (Å²) in [6.45, 7) is 2.25. The minimum Gasteiger partial charge on any atom is -0.549 e. The van der Waals surface area contributed by atoms with Gasteiger partial charge in [-0.15, -0.1) is 0 Å². The molecule has 0 aliphatic carbocycles. The van der Waals surface area contributed by atoms with Crippen molar-refractivity contribution >= 4 is 17.5 Å². The lowest BCUT2D eigenvalue weighted by Crippen LogP contribution is -2.52. The van der Waals surface area contributed by atoms with E-state index >= 15 is 0 Å². The van der Waals surface area contributed by atoms with Gasteiger partial charge in [0.25, 0.3) is 0 Å². The molecule has 0 aliphatic heterocycles. The molecule has 0 saturated carbocycles. The number of likely N-dealkylation sites (N-methyl/N-ethyl adjacent to an activating group) is 1. The van der Waals surface area contributed by atoms with Crippen LogP contribution in [0.3, 0.4) is 0 Å². The fraction of sp³-hybridized carbons (Fsp3) is 0.857. The van der Waals surface area contributed by atoms with Crippen LogP contribution in [0.25, 0.3) is 0 Å². The lowest BCUT2D eigenvalue weighted by molar-refractivity contribution is -0.873. The van der Waals surface area contributed by atoms with Crippen LogP contribution in [0.5, 0.6) is 0 Å². The van der Waals surface area contributed by atoms with Gasteiger partial charge in [-0.05, 0) is 6.42 Å². The maximum absolute atomic E-state index is 12.2. The van der Waals surface area contributed by atoms with Gasteiger partial charge in [0.05, 0.1) is 33.0 Å². The Hall–Kier alpha value is -1.27. The number of quaternary nitrogens is 1. The first-order chi connectivity index (χ1) is 12.6. The van der Waals surface area contributed by atoms with Crippen molar-refractivity contribution in [1.82, 2.24) is 0 Å². The third-order valence-corrected chi connectivity index (χ3v) is 4.69. The number of hydrogen-bond donors (Lipinski definition) is 1. The number of aliphatic hydroxyl groups excluding tert-OH is 1. The minimum absolute atomic E-state index is 0.0379. The monoisotopic (exact) mass is 385 g/mol. The highest BCUT2D eigenvalue weighted by atomic mass is 16.4. The summed E-state index contributed by atoms with van der Waals surface area (Å²) in [7, 11) is 5.31. The van der Waals surface area contributed by atoms with Crippen molar-refractivity contribution < 1.29 is 29.1 Å². The molecule has 2 unspecified atom stereocenters. The molecule has 0 bridgehead atoms. The first-order valence-electron chi connectivity index (χ1n) is 10.4. The Labute approximate surface area is 164 Å². The Bertz CT molecular complexity index is 456. The predicted molar refractivity (Wildman–Crippen MR) is 104 cm³/mol. The maximum Gasteiger partial charge on any atom is 0.209 e. The van der Waals surface area contributed by atoms with Crippen LogP contribution < -0.4 is 5.11 Å². The smallest absolute Gasteiger partial charge is 0.209 e. The van der Waals surface area contributed by atoms with Crippen LogP contribution in [-0.4, -0.2) is 60.9 Å². The van der Waals surface area contributed by atoms with Crippen molar-refractivity contribution in [2.45, 2.75) is 83.7 Å². The Kier molecular flexibility index (Phi) is 13.2. The highest BCUT2D eigenvalue weighted by Gasteiger charge is 2.35. The summed E-state index contributed by atoms with van der Waals surface area (Å²) in [6.07, 6.45) is 9.74. The summed E-state index contributed by atoms with van der Waals surface area (Å²) in [5.74, 6) is -5.22. The number of aliphatic carboxylic acids is 1. The van der Waals surface area contributed by atoms with Crippen molar-refractivity contribution in [3.63, 3.8) is 0 Å². The third-order valence-electron chi connectivity index (χ3n) is 4.69. The second-order valence-electron chi connectivity index (χ2n) is 8.56. The molecule has 1 N–H and O–H groups in total. The van der Waals surface area contributed by atoms with Crippen molar-refractivity contribution in [3.05, 3.63) is 0 Å². The molecule has 0 saturated heterocycles. The standard InChI is InChI=1S/C21H39NO5/c1-5-6-7-8-9-10-11-12-13-14-15-17(23)20(25)19(21(26)27)18(24)16-22(2,3)4/h18-19,24H,5-16H2,1-4H3. The topological polar surface area (TPSA) is 94.5 Å². The number of carbonyl (C=O) groups is 3. The van der Waals surface area contributed by atoms with Gasteiger partial charge in [0, 0.05) is 6.42 Å². The van der Waals surface area contributed by atoms with E-state index in [0.717, 1.165) is 19.3 Å². The first-order valence-corrected chi connectivity index (χ1v) is 10.4. The number of carbonyl (C=O) groups excluding carboxylic acids is 3. The van der Waals surface area contributed by atoms with E-state index in [4.69, 9.17) is 0 Å². The van der Waals surface area contributed by atoms with E-state index in [1.165, 1.54) is 38.5 Å². The molecule has 0 aromatic rings. The Morgan fingerprint density at radius 1 is 0.852 bits per heavy atom. The van der Waals surface area contributed by atoms with Crippen molar-refractivity contribution in [2.75, 3.05) is 27.7 Å². The lowest BCUT2D eigenvalue weighted by atomic mass is 9.92. The molecular weight excluding hydrogens is 346 g/mol. The average molecular weight is 386 g/mol. The van der Waals surface area contributed by atoms with Gasteiger partial charge in [-0.25, -0.2) is 0 Å². The molecule has 0 fully saturated rings. The molecule has 158 valence electrons. The molecule has 0 rings (SSSR count). The largest absolute Gasteiger partial charge is 0.549 e. The molecule has 0 heterocycles. The van der Waals surface area contributed by atoms with Crippen molar-refractivity contribution in [1.29, 1.82) is 0 Å². The quantitative estimate of drug-likeness (QED) is 0.178. The molecule has 6 nitrogen and oxygen atoms in total. The molecular formula is C21H39NO5. The summed E-state index contributed by atoms with van der Waals surface area (Å²) >= 11 is 0. The predicted octanol–water partition coefficient (Wildman–Crippen LogP) is 1.87. The fourth-order valence-corrected chi connectivity index (χ4v) is 3.18. The maximum atomic E-state index is 12.2. The van der Waals surface area contributed by atoms with Crippen LogP contribution in [0.4, 0.5) is 0 Å². The second kappa shape index (κ2) is 13.8. The number of aliphatic hydroxyl groups is 1. The van der Waals surface area contributed by atoms with Crippen LogP contribution >= 0.6 is 0 Å². The van der Waals surface area contributed by atoms with Crippen molar-refractivity contribution in [3.8, 4) is 0 Å². The number of nitrogens with zero attached hydrogens (tertiary/aromatic N) is 1. The van der Waals surface area contributed by atoms with E-state index in [-0.39, 0.29) is 17.4 Å². The van der Waals surface area contributed by atoms with Crippen LogP contribution in [0.2, 0.25) is 0 Å². The van der Waals surface area contributed by atoms with Gasteiger partial charge in [-0.1, -0.05) is 64.7 Å². The third kappa shape index (κ3) is 12.7. The van der Waals surface area contributed by atoms with Gasteiger partial charge in [-0.2, -0.15) is 0 Å². The molecule has 0 radical (unpaired) electrons. The van der Waals surface area contributed by atoms with Crippen LogP contribution in [-0.2, 0) is 14.4 Å².